The summed E-state index contributed by atoms with van der Waals surface area (Å²) in [6.07, 6.45) is 2.20. The summed E-state index contributed by atoms with van der Waals surface area (Å²) in [6.45, 7) is 8.32. The molecule has 2 unspecified atom stereocenters. The molecule has 1 aliphatic rings. The van der Waals surface area contributed by atoms with Crippen LogP contribution >= 0.6 is 0 Å². The second-order valence-corrected chi connectivity index (χ2v) is 5.91. The highest BCUT2D eigenvalue weighted by Gasteiger charge is 2.36. The van der Waals surface area contributed by atoms with E-state index in [0.29, 0.717) is 6.42 Å². The second-order valence-electron chi connectivity index (χ2n) is 5.91. The molecule has 3 nitrogen and oxygen atoms in total. The van der Waals surface area contributed by atoms with Crippen LogP contribution in [0.5, 0.6) is 0 Å². The molecule has 1 aromatic rings. The van der Waals surface area contributed by atoms with Crippen LogP contribution in [0.15, 0.2) is 12.1 Å². The maximum Gasteiger partial charge on any atom is 0.230 e. The van der Waals surface area contributed by atoms with Crippen LogP contribution in [0.2, 0.25) is 0 Å². The van der Waals surface area contributed by atoms with E-state index in [9.17, 15) is 9.59 Å². The Bertz CT molecular complexity index is 548. The quantitative estimate of drug-likeness (QED) is 0.860. The minimum Gasteiger partial charge on any atom is -0.296 e. The molecule has 1 aliphatic heterocycles. The van der Waals surface area contributed by atoms with Gasteiger partial charge in [-0.3, -0.25) is 14.9 Å². The van der Waals surface area contributed by atoms with Gasteiger partial charge in [-0.1, -0.05) is 25.5 Å². The van der Waals surface area contributed by atoms with Gasteiger partial charge in [-0.05, 0) is 49.4 Å². The molecule has 1 aromatic carbocycles. The topological polar surface area (TPSA) is 46.2 Å². The summed E-state index contributed by atoms with van der Waals surface area (Å²) in [7, 11) is 0. The van der Waals surface area contributed by atoms with Crippen molar-refractivity contribution in [2.24, 2.45) is 5.92 Å². The van der Waals surface area contributed by atoms with Crippen LogP contribution in [0.4, 0.5) is 0 Å². The Morgan fingerprint density at radius 1 is 1.10 bits per heavy atom. The first-order chi connectivity index (χ1) is 9.43. The van der Waals surface area contributed by atoms with Crippen molar-refractivity contribution >= 4 is 11.8 Å². The molecule has 1 heterocycles. The van der Waals surface area contributed by atoms with Crippen LogP contribution in [0.1, 0.15) is 54.4 Å². The number of hydrogen-bond donors (Lipinski definition) is 1. The van der Waals surface area contributed by atoms with Gasteiger partial charge in [0.25, 0.3) is 0 Å². The monoisotopic (exact) mass is 273 g/mol. The van der Waals surface area contributed by atoms with Crippen molar-refractivity contribution in [3.8, 4) is 0 Å². The summed E-state index contributed by atoms with van der Waals surface area (Å²) >= 11 is 0. The van der Waals surface area contributed by atoms with E-state index < -0.39 is 0 Å². The van der Waals surface area contributed by atoms with Gasteiger partial charge in [-0.25, -0.2) is 0 Å². The lowest BCUT2D eigenvalue weighted by atomic mass is 9.76. The maximum absolute atomic E-state index is 12.1. The SMILES string of the molecule is CCCC1C(=O)NC(=O)CC1c1cc(C)c(C)cc1C. The van der Waals surface area contributed by atoms with Gasteiger partial charge >= 0.3 is 0 Å². The molecule has 0 bridgehead atoms. The lowest BCUT2D eigenvalue weighted by Gasteiger charge is -2.31. The summed E-state index contributed by atoms with van der Waals surface area (Å²) < 4.78 is 0. The Labute approximate surface area is 120 Å². The minimum atomic E-state index is -0.148. The summed E-state index contributed by atoms with van der Waals surface area (Å²) in [5, 5.41) is 2.48. The number of rotatable bonds is 3. The molecule has 0 saturated carbocycles. The third kappa shape index (κ3) is 2.77. The van der Waals surface area contributed by atoms with Gasteiger partial charge in [0.15, 0.2) is 0 Å². The van der Waals surface area contributed by atoms with Gasteiger partial charge in [0, 0.05) is 18.3 Å². The number of aryl methyl sites for hydroxylation is 3. The van der Waals surface area contributed by atoms with E-state index in [1.807, 2.05) is 0 Å². The lowest BCUT2D eigenvalue weighted by Crippen LogP contribution is -2.44. The van der Waals surface area contributed by atoms with Crippen molar-refractivity contribution in [3.05, 3.63) is 34.4 Å². The van der Waals surface area contributed by atoms with Crippen molar-refractivity contribution in [3.63, 3.8) is 0 Å². The third-order valence-electron chi connectivity index (χ3n) is 4.37. The largest absolute Gasteiger partial charge is 0.296 e. The van der Waals surface area contributed by atoms with E-state index in [1.165, 1.54) is 16.7 Å². The van der Waals surface area contributed by atoms with E-state index in [1.54, 1.807) is 0 Å². The van der Waals surface area contributed by atoms with E-state index in [-0.39, 0.29) is 23.7 Å². The number of carbonyl (C=O) groups is 2. The number of benzene rings is 1. The highest BCUT2D eigenvalue weighted by molar-refractivity contribution is 5.99. The fourth-order valence-corrected chi connectivity index (χ4v) is 3.16. The second kappa shape index (κ2) is 5.78. The number of imide groups is 1. The van der Waals surface area contributed by atoms with Crippen LogP contribution in [-0.2, 0) is 9.59 Å². The van der Waals surface area contributed by atoms with Gasteiger partial charge in [0.1, 0.15) is 0 Å². The van der Waals surface area contributed by atoms with E-state index >= 15 is 0 Å². The number of carbonyl (C=O) groups excluding carboxylic acids is 2. The van der Waals surface area contributed by atoms with Crippen molar-refractivity contribution < 1.29 is 9.59 Å². The Morgan fingerprint density at radius 2 is 1.75 bits per heavy atom. The van der Waals surface area contributed by atoms with Gasteiger partial charge in [-0.2, -0.15) is 0 Å². The Hall–Kier alpha value is -1.64. The van der Waals surface area contributed by atoms with Crippen LogP contribution in [0.25, 0.3) is 0 Å². The molecular weight excluding hydrogens is 250 g/mol. The molecule has 1 N–H and O–H groups in total. The molecule has 1 fully saturated rings. The summed E-state index contributed by atoms with van der Waals surface area (Å²) in [5.74, 6) is -0.315. The van der Waals surface area contributed by atoms with Crippen LogP contribution in [-0.4, -0.2) is 11.8 Å². The normalized spacial score (nSPS) is 22.8. The minimum absolute atomic E-state index is 0.0236. The van der Waals surface area contributed by atoms with Gasteiger partial charge < -0.3 is 0 Å². The van der Waals surface area contributed by atoms with Gasteiger partial charge in [0.2, 0.25) is 11.8 Å². The zero-order chi connectivity index (χ0) is 14.9. The van der Waals surface area contributed by atoms with Gasteiger partial charge in [-0.15, -0.1) is 0 Å². The van der Waals surface area contributed by atoms with Crippen molar-refractivity contribution in [1.82, 2.24) is 5.32 Å². The maximum atomic E-state index is 12.1. The first-order valence-electron chi connectivity index (χ1n) is 7.35. The number of amides is 2. The molecule has 3 heteroatoms. The zero-order valence-corrected chi connectivity index (χ0v) is 12.7. The van der Waals surface area contributed by atoms with Crippen LogP contribution < -0.4 is 5.32 Å². The average Bonchev–Trinajstić information content (AvgIpc) is 2.37. The zero-order valence-electron chi connectivity index (χ0n) is 12.7. The number of piperidine rings is 1. The molecule has 20 heavy (non-hydrogen) atoms. The van der Waals surface area contributed by atoms with Crippen LogP contribution in [0.3, 0.4) is 0 Å². The molecular formula is C17H23NO2. The summed E-state index contributed by atoms with van der Waals surface area (Å²) in [6, 6.07) is 4.31. The van der Waals surface area contributed by atoms with E-state index in [2.05, 4.69) is 45.1 Å². The molecule has 0 aromatic heterocycles. The van der Waals surface area contributed by atoms with Crippen molar-refractivity contribution in [2.45, 2.75) is 52.9 Å². The third-order valence-corrected chi connectivity index (χ3v) is 4.37. The standard InChI is InChI=1S/C17H23NO2/c1-5-6-13-15(9-16(19)18-17(13)20)14-8-11(3)10(2)7-12(14)4/h7-8,13,15H,5-6,9H2,1-4H3,(H,18,19,20). The molecule has 108 valence electrons. The Balaban J connectivity index is 2.43. The van der Waals surface area contributed by atoms with E-state index in [0.717, 1.165) is 18.4 Å². The first kappa shape index (κ1) is 14.8. The Kier molecular flexibility index (Phi) is 4.26. The molecule has 2 amide bonds. The highest BCUT2D eigenvalue weighted by Crippen LogP contribution is 2.36. The van der Waals surface area contributed by atoms with Gasteiger partial charge in [0.05, 0.1) is 0 Å². The molecule has 0 radical (unpaired) electrons. The lowest BCUT2D eigenvalue weighted by molar-refractivity contribution is -0.137. The fraction of sp³-hybridized carbons (Fsp3) is 0.529. The molecule has 2 atom stereocenters. The van der Waals surface area contributed by atoms with Crippen molar-refractivity contribution in [1.29, 1.82) is 0 Å². The van der Waals surface area contributed by atoms with Crippen LogP contribution in [0, 0.1) is 26.7 Å². The molecule has 0 spiro atoms. The average molecular weight is 273 g/mol. The summed E-state index contributed by atoms with van der Waals surface area (Å²) in [4.78, 5) is 23.8. The number of nitrogens with one attached hydrogen (secondary N) is 1. The predicted molar refractivity (Wildman–Crippen MR) is 79.6 cm³/mol. The summed E-state index contributed by atoms with van der Waals surface area (Å²) in [5.41, 5.74) is 4.82. The molecule has 2 rings (SSSR count). The molecule has 0 aliphatic carbocycles. The fourth-order valence-electron chi connectivity index (χ4n) is 3.16. The Morgan fingerprint density at radius 3 is 2.40 bits per heavy atom. The van der Waals surface area contributed by atoms with Crippen molar-refractivity contribution in [2.75, 3.05) is 0 Å². The highest BCUT2D eigenvalue weighted by atomic mass is 16.2. The first-order valence-corrected chi connectivity index (χ1v) is 7.35. The smallest absolute Gasteiger partial charge is 0.230 e. The number of hydrogen-bond acceptors (Lipinski definition) is 2. The van der Waals surface area contributed by atoms with E-state index in [4.69, 9.17) is 0 Å². The predicted octanol–water partition coefficient (Wildman–Crippen LogP) is 3.16. The molecule has 1 saturated heterocycles.